The summed E-state index contributed by atoms with van der Waals surface area (Å²) in [6.45, 7) is 1.89. The third-order valence-corrected chi connectivity index (χ3v) is 4.40. The smallest absolute Gasteiger partial charge is 0.307 e. The Labute approximate surface area is 140 Å². The van der Waals surface area contributed by atoms with E-state index in [9.17, 15) is 4.79 Å². The Bertz CT molecular complexity index is 690. The minimum Gasteiger partial charge on any atom is -0.481 e. The summed E-state index contributed by atoms with van der Waals surface area (Å²) in [4.78, 5) is 13.2. The number of carboxylic acids is 1. The highest BCUT2D eigenvalue weighted by molar-refractivity contribution is 6.31. The highest BCUT2D eigenvalue weighted by Crippen LogP contribution is 2.32. The standard InChI is InChI=1S/C18H18ClNO3/c19-16-7-4-8-17(23-14-5-2-1-3-6-14)15(16)12-20-10-9-13(11-20)18(21)22/h1-8,13H,9-12H2,(H,21,22). The van der Waals surface area contributed by atoms with Gasteiger partial charge in [-0.15, -0.1) is 0 Å². The first-order valence-electron chi connectivity index (χ1n) is 7.59. The molecule has 0 aliphatic carbocycles. The largest absolute Gasteiger partial charge is 0.481 e. The second-order valence-corrected chi connectivity index (χ2v) is 6.10. The third-order valence-electron chi connectivity index (χ3n) is 4.05. The van der Waals surface area contributed by atoms with Gasteiger partial charge in [-0.2, -0.15) is 0 Å². The Morgan fingerprint density at radius 3 is 2.70 bits per heavy atom. The summed E-state index contributed by atoms with van der Waals surface area (Å²) in [5.74, 6) is 0.437. The molecule has 0 spiro atoms. The van der Waals surface area contributed by atoms with E-state index in [0.717, 1.165) is 17.9 Å². The number of para-hydroxylation sites is 1. The van der Waals surface area contributed by atoms with Crippen molar-refractivity contribution in [3.8, 4) is 11.5 Å². The Morgan fingerprint density at radius 1 is 1.22 bits per heavy atom. The van der Waals surface area contributed by atoms with Gasteiger partial charge in [0.15, 0.2) is 0 Å². The molecule has 3 rings (SSSR count). The van der Waals surface area contributed by atoms with Crippen LogP contribution >= 0.6 is 11.6 Å². The lowest BCUT2D eigenvalue weighted by molar-refractivity contribution is -0.141. The molecule has 1 saturated heterocycles. The molecule has 1 N–H and O–H groups in total. The van der Waals surface area contributed by atoms with Crippen molar-refractivity contribution in [2.24, 2.45) is 5.92 Å². The fourth-order valence-corrected chi connectivity index (χ4v) is 3.03. The molecule has 5 heteroatoms. The van der Waals surface area contributed by atoms with Crippen LogP contribution in [-0.2, 0) is 11.3 Å². The van der Waals surface area contributed by atoms with Crippen molar-refractivity contribution in [3.63, 3.8) is 0 Å². The van der Waals surface area contributed by atoms with Gasteiger partial charge in [0.25, 0.3) is 0 Å². The van der Waals surface area contributed by atoms with Gasteiger partial charge in [0, 0.05) is 23.7 Å². The zero-order valence-electron chi connectivity index (χ0n) is 12.6. The average Bonchev–Trinajstić information content (AvgIpc) is 3.01. The van der Waals surface area contributed by atoms with Crippen molar-refractivity contribution in [2.75, 3.05) is 13.1 Å². The van der Waals surface area contributed by atoms with Crippen LogP contribution < -0.4 is 4.74 Å². The molecular weight excluding hydrogens is 314 g/mol. The molecule has 23 heavy (non-hydrogen) atoms. The maximum Gasteiger partial charge on any atom is 0.307 e. The lowest BCUT2D eigenvalue weighted by Crippen LogP contribution is -2.23. The van der Waals surface area contributed by atoms with Gasteiger partial charge in [0.05, 0.1) is 5.92 Å². The van der Waals surface area contributed by atoms with Crippen molar-refractivity contribution in [1.82, 2.24) is 4.90 Å². The minimum absolute atomic E-state index is 0.295. The summed E-state index contributed by atoms with van der Waals surface area (Å²) >= 11 is 6.35. The van der Waals surface area contributed by atoms with Crippen LogP contribution in [0.2, 0.25) is 5.02 Å². The minimum atomic E-state index is -0.729. The molecule has 2 aromatic carbocycles. The zero-order chi connectivity index (χ0) is 16.2. The van der Waals surface area contributed by atoms with Gasteiger partial charge in [-0.3, -0.25) is 9.69 Å². The van der Waals surface area contributed by atoms with Crippen molar-refractivity contribution < 1.29 is 14.6 Å². The first kappa shape index (κ1) is 15.8. The van der Waals surface area contributed by atoms with E-state index in [1.807, 2.05) is 48.5 Å². The maximum absolute atomic E-state index is 11.1. The molecule has 1 atom stereocenters. The second kappa shape index (κ2) is 7.02. The highest BCUT2D eigenvalue weighted by atomic mass is 35.5. The van der Waals surface area contributed by atoms with Crippen molar-refractivity contribution in [1.29, 1.82) is 0 Å². The van der Waals surface area contributed by atoms with Crippen LogP contribution in [0.4, 0.5) is 0 Å². The maximum atomic E-state index is 11.1. The summed E-state index contributed by atoms with van der Waals surface area (Å²) in [5.41, 5.74) is 0.893. The first-order chi connectivity index (χ1) is 11.1. The van der Waals surface area contributed by atoms with Gasteiger partial charge in [-0.1, -0.05) is 35.9 Å². The summed E-state index contributed by atoms with van der Waals surface area (Å²) in [5, 5.41) is 9.76. The fourth-order valence-electron chi connectivity index (χ4n) is 2.80. The number of benzene rings is 2. The van der Waals surface area contributed by atoms with E-state index < -0.39 is 5.97 Å². The number of hydrogen-bond donors (Lipinski definition) is 1. The van der Waals surface area contributed by atoms with Gasteiger partial charge in [0.1, 0.15) is 11.5 Å². The Balaban J connectivity index is 1.78. The molecule has 2 aromatic rings. The molecule has 0 bridgehead atoms. The SMILES string of the molecule is O=C(O)C1CCN(Cc2c(Cl)cccc2Oc2ccccc2)C1. The van der Waals surface area contributed by atoms with Crippen LogP contribution in [0, 0.1) is 5.92 Å². The van der Waals surface area contributed by atoms with Gasteiger partial charge in [0.2, 0.25) is 0 Å². The summed E-state index contributed by atoms with van der Waals surface area (Å²) < 4.78 is 5.95. The molecule has 1 unspecified atom stereocenters. The van der Waals surface area contributed by atoms with Gasteiger partial charge >= 0.3 is 5.97 Å². The molecule has 4 nitrogen and oxygen atoms in total. The van der Waals surface area contributed by atoms with E-state index in [2.05, 4.69) is 4.90 Å². The number of rotatable bonds is 5. The Hall–Kier alpha value is -2.04. The van der Waals surface area contributed by atoms with Gasteiger partial charge in [-0.25, -0.2) is 0 Å². The van der Waals surface area contributed by atoms with E-state index in [0.29, 0.717) is 30.3 Å². The van der Waals surface area contributed by atoms with Crippen molar-refractivity contribution in [3.05, 3.63) is 59.1 Å². The first-order valence-corrected chi connectivity index (χ1v) is 7.97. The predicted octanol–water partition coefficient (Wildman–Crippen LogP) is 4.04. The number of nitrogens with zero attached hydrogens (tertiary/aromatic N) is 1. The molecule has 1 aliphatic heterocycles. The second-order valence-electron chi connectivity index (χ2n) is 5.69. The van der Waals surface area contributed by atoms with Crippen LogP contribution in [0.25, 0.3) is 0 Å². The summed E-state index contributed by atoms with van der Waals surface area (Å²) in [6, 6.07) is 15.1. The number of aliphatic carboxylic acids is 1. The van der Waals surface area contributed by atoms with Crippen LogP contribution in [0.3, 0.4) is 0 Å². The normalized spacial score (nSPS) is 18.0. The summed E-state index contributed by atoms with van der Waals surface area (Å²) in [7, 11) is 0. The summed E-state index contributed by atoms with van der Waals surface area (Å²) in [6.07, 6.45) is 0.675. The molecule has 120 valence electrons. The molecule has 0 amide bonds. The number of halogens is 1. The quantitative estimate of drug-likeness (QED) is 0.898. The molecular formula is C18H18ClNO3. The average molecular weight is 332 g/mol. The van der Waals surface area contributed by atoms with Crippen molar-refractivity contribution >= 4 is 17.6 Å². The van der Waals surface area contributed by atoms with Crippen LogP contribution in [0.5, 0.6) is 11.5 Å². The number of hydrogen-bond acceptors (Lipinski definition) is 3. The van der Waals surface area contributed by atoms with E-state index in [4.69, 9.17) is 21.4 Å². The molecule has 1 heterocycles. The topological polar surface area (TPSA) is 49.8 Å². The third kappa shape index (κ3) is 3.84. The lowest BCUT2D eigenvalue weighted by atomic mass is 10.1. The van der Waals surface area contributed by atoms with Gasteiger partial charge in [-0.05, 0) is 37.2 Å². The number of ether oxygens (including phenoxy) is 1. The van der Waals surface area contributed by atoms with E-state index >= 15 is 0 Å². The highest BCUT2D eigenvalue weighted by Gasteiger charge is 2.28. The van der Waals surface area contributed by atoms with E-state index in [1.54, 1.807) is 0 Å². The monoisotopic (exact) mass is 331 g/mol. The van der Waals surface area contributed by atoms with Crippen LogP contribution in [-0.4, -0.2) is 29.1 Å². The lowest BCUT2D eigenvalue weighted by Gasteiger charge is -2.19. The predicted molar refractivity (Wildman–Crippen MR) is 89.0 cm³/mol. The zero-order valence-corrected chi connectivity index (χ0v) is 13.4. The molecule has 0 aromatic heterocycles. The van der Waals surface area contributed by atoms with Crippen LogP contribution in [0.1, 0.15) is 12.0 Å². The number of likely N-dealkylation sites (tertiary alicyclic amines) is 1. The fraction of sp³-hybridized carbons (Fsp3) is 0.278. The van der Waals surface area contributed by atoms with E-state index in [-0.39, 0.29) is 5.92 Å². The Morgan fingerprint density at radius 2 is 2.00 bits per heavy atom. The number of carboxylic acid groups (broad SMARTS) is 1. The molecule has 0 saturated carbocycles. The van der Waals surface area contributed by atoms with E-state index in [1.165, 1.54) is 0 Å². The van der Waals surface area contributed by atoms with Crippen molar-refractivity contribution in [2.45, 2.75) is 13.0 Å². The Kier molecular flexibility index (Phi) is 4.84. The molecule has 1 fully saturated rings. The molecule has 0 radical (unpaired) electrons. The number of carbonyl (C=O) groups is 1. The molecule has 1 aliphatic rings. The van der Waals surface area contributed by atoms with Crippen LogP contribution in [0.15, 0.2) is 48.5 Å². The van der Waals surface area contributed by atoms with Gasteiger partial charge < -0.3 is 9.84 Å².